The second-order valence-electron chi connectivity index (χ2n) is 4.70. The van der Waals surface area contributed by atoms with Crippen molar-refractivity contribution < 1.29 is 14.3 Å². The summed E-state index contributed by atoms with van der Waals surface area (Å²) in [6, 6.07) is 0. The zero-order chi connectivity index (χ0) is 12.3. The Kier molecular flexibility index (Phi) is 4.36. The van der Waals surface area contributed by atoms with Gasteiger partial charge >= 0.3 is 0 Å². The van der Waals surface area contributed by atoms with Gasteiger partial charge in [-0.05, 0) is 19.9 Å². The van der Waals surface area contributed by atoms with Gasteiger partial charge in [-0.2, -0.15) is 0 Å². The van der Waals surface area contributed by atoms with Crippen molar-refractivity contribution in [3.8, 4) is 0 Å². The summed E-state index contributed by atoms with van der Waals surface area (Å²) >= 11 is 0. The molecule has 2 aliphatic rings. The summed E-state index contributed by atoms with van der Waals surface area (Å²) in [5.41, 5.74) is 0. The SMILES string of the molecule is CCO[C@@H]1CN(C(=O)[C@H]2CCNC2)C[C@H]1OC. The highest BCUT2D eigenvalue weighted by atomic mass is 16.5. The highest BCUT2D eigenvalue weighted by Crippen LogP contribution is 2.20. The quantitative estimate of drug-likeness (QED) is 0.745. The van der Waals surface area contributed by atoms with Crippen LogP contribution in [-0.2, 0) is 14.3 Å². The Hall–Kier alpha value is -0.650. The molecule has 0 saturated carbocycles. The van der Waals surface area contributed by atoms with Crippen LogP contribution in [0, 0.1) is 5.92 Å². The first-order valence-corrected chi connectivity index (χ1v) is 6.40. The number of hydrogen-bond donors (Lipinski definition) is 1. The third-order valence-corrected chi connectivity index (χ3v) is 3.62. The minimum Gasteiger partial charge on any atom is -0.377 e. The molecule has 0 spiro atoms. The molecule has 5 heteroatoms. The van der Waals surface area contributed by atoms with Crippen molar-refractivity contribution in [1.29, 1.82) is 0 Å². The number of nitrogens with zero attached hydrogens (tertiary/aromatic N) is 1. The smallest absolute Gasteiger partial charge is 0.227 e. The van der Waals surface area contributed by atoms with Gasteiger partial charge in [0.05, 0.1) is 5.92 Å². The third kappa shape index (κ3) is 2.78. The lowest BCUT2D eigenvalue weighted by molar-refractivity contribution is -0.134. The number of amides is 1. The van der Waals surface area contributed by atoms with Gasteiger partial charge in [-0.25, -0.2) is 0 Å². The van der Waals surface area contributed by atoms with Crippen LogP contribution in [0.3, 0.4) is 0 Å². The van der Waals surface area contributed by atoms with Crippen LogP contribution < -0.4 is 5.32 Å². The van der Waals surface area contributed by atoms with Gasteiger partial charge in [-0.3, -0.25) is 4.79 Å². The van der Waals surface area contributed by atoms with Crippen LogP contribution >= 0.6 is 0 Å². The lowest BCUT2D eigenvalue weighted by Gasteiger charge is -2.19. The summed E-state index contributed by atoms with van der Waals surface area (Å²) in [5, 5.41) is 3.23. The lowest BCUT2D eigenvalue weighted by Crippen LogP contribution is -2.36. The van der Waals surface area contributed by atoms with E-state index in [9.17, 15) is 4.79 Å². The number of likely N-dealkylation sites (tertiary alicyclic amines) is 1. The number of carbonyl (C=O) groups excluding carboxylic acids is 1. The topological polar surface area (TPSA) is 50.8 Å². The molecule has 3 atom stereocenters. The van der Waals surface area contributed by atoms with Crippen molar-refractivity contribution in [3.63, 3.8) is 0 Å². The highest BCUT2D eigenvalue weighted by Gasteiger charge is 2.38. The maximum Gasteiger partial charge on any atom is 0.227 e. The van der Waals surface area contributed by atoms with E-state index < -0.39 is 0 Å². The van der Waals surface area contributed by atoms with Crippen molar-refractivity contribution in [2.75, 3.05) is 39.9 Å². The molecule has 5 nitrogen and oxygen atoms in total. The molecule has 0 unspecified atom stereocenters. The minimum atomic E-state index is 0.0215. The number of nitrogens with one attached hydrogen (secondary N) is 1. The Balaban J connectivity index is 1.91. The fourth-order valence-electron chi connectivity index (χ4n) is 2.65. The summed E-state index contributed by atoms with van der Waals surface area (Å²) in [6.07, 6.45) is 1.00. The molecule has 2 fully saturated rings. The number of rotatable bonds is 4. The fraction of sp³-hybridized carbons (Fsp3) is 0.917. The van der Waals surface area contributed by atoms with Crippen LogP contribution in [-0.4, -0.2) is 62.9 Å². The molecule has 0 aliphatic carbocycles. The maximum atomic E-state index is 12.2. The van der Waals surface area contributed by atoms with Crippen molar-refractivity contribution in [1.82, 2.24) is 10.2 Å². The van der Waals surface area contributed by atoms with E-state index in [1.807, 2.05) is 11.8 Å². The molecule has 0 aromatic rings. The first-order chi connectivity index (χ1) is 8.26. The Morgan fingerprint density at radius 1 is 1.41 bits per heavy atom. The molecular formula is C12H22N2O3. The van der Waals surface area contributed by atoms with Crippen LogP contribution in [0.5, 0.6) is 0 Å². The molecule has 1 N–H and O–H groups in total. The molecule has 0 aromatic heterocycles. The van der Waals surface area contributed by atoms with E-state index in [4.69, 9.17) is 9.47 Å². The summed E-state index contributed by atoms with van der Waals surface area (Å²) < 4.78 is 11.0. The monoisotopic (exact) mass is 242 g/mol. The first-order valence-electron chi connectivity index (χ1n) is 6.40. The summed E-state index contributed by atoms with van der Waals surface area (Å²) in [6.45, 7) is 5.73. The molecule has 2 aliphatic heterocycles. The van der Waals surface area contributed by atoms with Gasteiger partial charge in [0.1, 0.15) is 12.2 Å². The predicted molar refractivity (Wildman–Crippen MR) is 63.8 cm³/mol. The van der Waals surface area contributed by atoms with Crippen LogP contribution in [0.15, 0.2) is 0 Å². The largest absolute Gasteiger partial charge is 0.377 e. The molecule has 2 saturated heterocycles. The number of ether oxygens (including phenoxy) is 2. The number of carbonyl (C=O) groups is 1. The van der Waals surface area contributed by atoms with E-state index in [-0.39, 0.29) is 24.0 Å². The van der Waals surface area contributed by atoms with Gasteiger partial charge < -0.3 is 19.7 Å². The summed E-state index contributed by atoms with van der Waals surface area (Å²) in [7, 11) is 1.68. The van der Waals surface area contributed by atoms with Gasteiger partial charge in [-0.1, -0.05) is 0 Å². The highest BCUT2D eigenvalue weighted by molar-refractivity contribution is 5.79. The normalized spacial score (nSPS) is 33.3. The number of hydrogen-bond acceptors (Lipinski definition) is 4. The van der Waals surface area contributed by atoms with E-state index >= 15 is 0 Å². The van der Waals surface area contributed by atoms with E-state index in [0.717, 1.165) is 19.5 Å². The molecule has 0 aromatic carbocycles. The molecule has 0 bridgehead atoms. The van der Waals surface area contributed by atoms with Crippen molar-refractivity contribution in [2.45, 2.75) is 25.6 Å². The number of methoxy groups -OCH3 is 1. The van der Waals surface area contributed by atoms with Crippen LogP contribution in [0.1, 0.15) is 13.3 Å². The third-order valence-electron chi connectivity index (χ3n) is 3.62. The molecule has 2 rings (SSSR count). The zero-order valence-electron chi connectivity index (χ0n) is 10.6. The molecule has 2 heterocycles. The fourth-order valence-corrected chi connectivity index (χ4v) is 2.65. The van der Waals surface area contributed by atoms with Crippen LogP contribution in [0.25, 0.3) is 0 Å². The van der Waals surface area contributed by atoms with Crippen molar-refractivity contribution >= 4 is 5.91 Å². The summed E-state index contributed by atoms with van der Waals surface area (Å²) in [5.74, 6) is 0.395. The van der Waals surface area contributed by atoms with Gasteiger partial charge in [0.25, 0.3) is 0 Å². The van der Waals surface area contributed by atoms with Crippen molar-refractivity contribution in [3.05, 3.63) is 0 Å². The zero-order valence-corrected chi connectivity index (χ0v) is 10.6. The Morgan fingerprint density at radius 3 is 2.76 bits per heavy atom. The van der Waals surface area contributed by atoms with Gasteiger partial charge in [0.15, 0.2) is 0 Å². The average molecular weight is 242 g/mol. The van der Waals surface area contributed by atoms with Gasteiger partial charge in [0.2, 0.25) is 5.91 Å². The predicted octanol–water partition coefficient (Wildman–Crippen LogP) is -0.142. The van der Waals surface area contributed by atoms with E-state index in [1.54, 1.807) is 7.11 Å². The van der Waals surface area contributed by atoms with Gasteiger partial charge in [-0.15, -0.1) is 0 Å². The van der Waals surface area contributed by atoms with E-state index in [2.05, 4.69) is 5.32 Å². The molecule has 0 radical (unpaired) electrons. The molecule has 1 amide bonds. The first kappa shape index (κ1) is 12.8. The maximum absolute atomic E-state index is 12.2. The minimum absolute atomic E-state index is 0.0215. The van der Waals surface area contributed by atoms with Gasteiger partial charge in [0, 0.05) is 33.4 Å². The van der Waals surface area contributed by atoms with E-state index in [1.165, 1.54) is 0 Å². The second-order valence-corrected chi connectivity index (χ2v) is 4.70. The summed E-state index contributed by atoms with van der Waals surface area (Å²) in [4.78, 5) is 14.1. The van der Waals surface area contributed by atoms with E-state index in [0.29, 0.717) is 19.7 Å². The Morgan fingerprint density at radius 2 is 2.18 bits per heavy atom. The average Bonchev–Trinajstić information content (AvgIpc) is 2.97. The lowest BCUT2D eigenvalue weighted by atomic mass is 10.1. The van der Waals surface area contributed by atoms with Crippen LogP contribution in [0.2, 0.25) is 0 Å². The Labute approximate surface area is 102 Å². The molecular weight excluding hydrogens is 220 g/mol. The molecule has 17 heavy (non-hydrogen) atoms. The van der Waals surface area contributed by atoms with Crippen LogP contribution in [0.4, 0.5) is 0 Å². The second kappa shape index (κ2) is 5.80. The molecule has 98 valence electrons. The van der Waals surface area contributed by atoms with Crippen molar-refractivity contribution in [2.24, 2.45) is 5.92 Å². The Bertz CT molecular complexity index is 266. The standard InChI is InChI=1S/C12H22N2O3/c1-3-17-11-8-14(7-10(11)16-2)12(15)9-4-5-13-6-9/h9-11,13H,3-8H2,1-2H3/t9-,10+,11+/m0/s1.